The minimum absolute atomic E-state index is 0.648. The van der Waals surface area contributed by atoms with Gasteiger partial charge in [0.05, 0.1) is 13.2 Å². The van der Waals surface area contributed by atoms with Gasteiger partial charge in [0.25, 0.3) is 5.82 Å². The van der Waals surface area contributed by atoms with Crippen LogP contribution in [0.15, 0.2) is 78.9 Å². The van der Waals surface area contributed by atoms with E-state index in [0.717, 1.165) is 29.4 Å². The van der Waals surface area contributed by atoms with Crippen LogP contribution in [0.1, 0.15) is 13.8 Å². The average Bonchev–Trinajstić information content (AvgIpc) is 3.03. The molecule has 26 heavy (non-hydrogen) atoms. The molecule has 1 heterocycles. The second-order valence-corrected chi connectivity index (χ2v) is 6.16. The summed E-state index contributed by atoms with van der Waals surface area (Å²) < 4.78 is 10.6. The predicted molar refractivity (Wildman–Crippen MR) is 106 cm³/mol. The predicted octanol–water partition coefficient (Wildman–Crippen LogP) is 5.00. The number of fused-ring (bicyclic) bond motifs is 1. The molecule has 0 aliphatic carbocycles. The summed E-state index contributed by atoms with van der Waals surface area (Å²) in [7, 11) is 0. The van der Waals surface area contributed by atoms with E-state index >= 15 is 0 Å². The van der Waals surface area contributed by atoms with Gasteiger partial charge in [-0.3, -0.25) is 0 Å². The Labute approximate surface area is 154 Å². The highest BCUT2D eigenvalue weighted by atomic mass is 16.5. The zero-order valence-corrected chi connectivity index (χ0v) is 15.2. The van der Waals surface area contributed by atoms with Crippen LogP contribution in [0.5, 0.6) is 5.75 Å². The maximum absolute atomic E-state index is 5.95. The molecular weight excluding hydrogens is 320 g/mol. The van der Waals surface area contributed by atoms with Gasteiger partial charge in [0.15, 0.2) is 11.0 Å². The highest BCUT2D eigenvalue weighted by Gasteiger charge is 2.28. The molecule has 0 N–H and O–H groups in total. The van der Waals surface area contributed by atoms with Gasteiger partial charge in [-0.15, -0.1) is 0 Å². The Morgan fingerprint density at radius 3 is 2.27 bits per heavy atom. The van der Waals surface area contributed by atoms with E-state index in [1.54, 1.807) is 0 Å². The first-order valence-corrected chi connectivity index (χ1v) is 9.16. The van der Waals surface area contributed by atoms with Gasteiger partial charge >= 0.3 is 0 Å². The molecule has 3 nitrogen and oxygen atoms in total. The molecule has 0 aliphatic heterocycles. The molecule has 0 fully saturated rings. The van der Waals surface area contributed by atoms with Crippen molar-refractivity contribution in [3.05, 3.63) is 78.9 Å². The van der Waals surface area contributed by atoms with Gasteiger partial charge in [0.2, 0.25) is 0 Å². The molecule has 4 rings (SSSR count). The highest BCUT2D eigenvalue weighted by Crippen LogP contribution is 2.33. The van der Waals surface area contributed by atoms with Crippen molar-refractivity contribution in [3.63, 3.8) is 0 Å². The van der Waals surface area contributed by atoms with E-state index in [9.17, 15) is 0 Å². The van der Waals surface area contributed by atoms with Crippen molar-refractivity contribution < 1.29 is 9.30 Å². The standard InChI is InChI=1S/C23H23N2O/c1-3-24-20-15-9-10-16-21(20)25(18-12-6-5-7-13-18)23(24)19-14-8-11-17-22(19)26-4-2/h5-17H,3-4H2,1-2H3/q+1. The van der Waals surface area contributed by atoms with Crippen LogP contribution in [0.25, 0.3) is 28.1 Å². The fourth-order valence-corrected chi connectivity index (χ4v) is 3.59. The quantitative estimate of drug-likeness (QED) is 0.466. The van der Waals surface area contributed by atoms with Crippen LogP contribution >= 0.6 is 0 Å². The Hall–Kier alpha value is -3.07. The van der Waals surface area contributed by atoms with Crippen molar-refractivity contribution in [1.29, 1.82) is 0 Å². The fourth-order valence-electron chi connectivity index (χ4n) is 3.59. The molecule has 0 bridgehead atoms. The van der Waals surface area contributed by atoms with Crippen molar-refractivity contribution in [2.24, 2.45) is 0 Å². The van der Waals surface area contributed by atoms with Crippen LogP contribution in [0, 0.1) is 0 Å². The van der Waals surface area contributed by atoms with Crippen LogP contribution in [0.3, 0.4) is 0 Å². The fraction of sp³-hybridized carbons (Fsp3) is 0.174. The van der Waals surface area contributed by atoms with E-state index in [2.05, 4.69) is 82.8 Å². The van der Waals surface area contributed by atoms with Gasteiger partial charge in [0, 0.05) is 0 Å². The molecule has 0 unspecified atom stereocenters. The molecule has 0 saturated heterocycles. The molecule has 4 aromatic rings. The summed E-state index contributed by atoms with van der Waals surface area (Å²) in [4.78, 5) is 0. The van der Waals surface area contributed by atoms with Crippen molar-refractivity contribution >= 4 is 11.0 Å². The lowest BCUT2D eigenvalue weighted by atomic mass is 10.1. The Kier molecular flexibility index (Phi) is 4.44. The van der Waals surface area contributed by atoms with Gasteiger partial charge in [-0.2, -0.15) is 4.57 Å². The van der Waals surface area contributed by atoms with E-state index in [-0.39, 0.29) is 0 Å². The second kappa shape index (κ2) is 7.04. The second-order valence-electron chi connectivity index (χ2n) is 6.16. The minimum Gasteiger partial charge on any atom is -0.493 e. The van der Waals surface area contributed by atoms with Crippen molar-refractivity contribution in [2.45, 2.75) is 20.4 Å². The van der Waals surface area contributed by atoms with E-state index in [1.165, 1.54) is 11.0 Å². The van der Waals surface area contributed by atoms with Crippen LogP contribution in [-0.4, -0.2) is 11.2 Å². The zero-order chi connectivity index (χ0) is 17.9. The van der Waals surface area contributed by atoms with Crippen LogP contribution < -0.4 is 9.30 Å². The topological polar surface area (TPSA) is 18.0 Å². The van der Waals surface area contributed by atoms with Gasteiger partial charge < -0.3 is 4.74 Å². The van der Waals surface area contributed by atoms with E-state index in [1.807, 2.05) is 19.1 Å². The molecule has 0 saturated carbocycles. The zero-order valence-electron chi connectivity index (χ0n) is 15.2. The van der Waals surface area contributed by atoms with Crippen molar-refractivity contribution in [3.8, 4) is 22.8 Å². The monoisotopic (exact) mass is 343 g/mol. The molecular formula is C23H23N2O+. The number of ether oxygens (including phenoxy) is 1. The molecule has 3 heteroatoms. The van der Waals surface area contributed by atoms with Crippen LogP contribution in [-0.2, 0) is 6.54 Å². The largest absolute Gasteiger partial charge is 0.493 e. The molecule has 0 atom stereocenters. The molecule has 0 aliphatic rings. The summed E-state index contributed by atoms with van der Waals surface area (Å²) >= 11 is 0. The number of nitrogens with zero attached hydrogens (tertiary/aromatic N) is 2. The van der Waals surface area contributed by atoms with Crippen molar-refractivity contribution in [1.82, 2.24) is 4.57 Å². The Bertz CT molecular complexity index is 1030. The summed E-state index contributed by atoms with van der Waals surface area (Å²) in [5.74, 6) is 2.06. The number of hydrogen-bond acceptors (Lipinski definition) is 1. The maximum Gasteiger partial charge on any atom is 0.298 e. The normalized spacial score (nSPS) is 11.0. The summed E-state index contributed by atoms with van der Waals surface area (Å²) in [5, 5.41) is 0. The first-order chi connectivity index (χ1) is 12.8. The van der Waals surface area contributed by atoms with E-state index in [4.69, 9.17) is 4.74 Å². The maximum atomic E-state index is 5.95. The molecule has 3 aromatic carbocycles. The van der Waals surface area contributed by atoms with Gasteiger partial charge in [-0.1, -0.05) is 42.5 Å². The molecule has 1 aromatic heterocycles. The highest BCUT2D eigenvalue weighted by molar-refractivity contribution is 5.80. The molecule has 0 spiro atoms. The van der Waals surface area contributed by atoms with Crippen molar-refractivity contribution in [2.75, 3.05) is 6.61 Å². The van der Waals surface area contributed by atoms with Gasteiger partial charge in [0.1, 0.15) is 17.0 Å². The molecule has 0 radical (unpaired) electrons. The SMILES string of the molecule is CCOc1ccccc1-c1n(-c2ccccc2)c2ccccc2[n+]1CC. The first-order valence-electron chi connectivity index (χ1n) is 9.16. The lowest BCUT2D eigenvalue weighted by Crippen LogP contribution is -2.34. The Balaban J connectivity index is 2.12. The number of hydrogen-bond donors (Lipinski definition) is 0. The van der Waals surface area contributed by atoms with E-state index in [0.29, 0.717) is 6.61 Å². The van der Waals surface area contributed by atoms with Crippen LogP contribution in [0.4, 0.5) is 0 Å². The number of aromatic nitrogens is 2. The number of para-hydroxylation sites is 4. The first kappa shape index (κ1) is 16.4. The lowest BCUT2D eigenvalue weighted by molar-refractivity contribution is -0.657. The van der Waals surface area contributed by atoms with E-state index < -0.39 is 0 Å². The van der Waals surface area contributed by atoms with Gasteiger partial charge in [-0.05, 0) is 50.2 Å². The number of aryl methyl sites for hydroxylation is 1. The van der Waals surface area contributed by atoms with Gasteiger partial charge in [-0.25, -0.2) is 4.57 Å². The molecule has 0 amide bonds. The third-order valence-corrected chi connectivity index (χ3v) is 4.64. The summed E-state index contributed by atoms with van der Waals surface area (Å²) in [6, 6.07) is 27.4. The number of rotatable bonds is 5. The Morgan fingerprint density at radius 1 is 0.808 bits per heavy atom. The summed E-state index contributed by atoms with van der Waals surface area (Å²) in [6.07, 6.45) is 0. The number of benzene rings is 3. The lowest BCUT2D eigenvalue weighted by Gasteiger charge is -2.10. The summed E-state index contributed by atoms with van der Waals surface area (Å²) in [6.45, 7) is 5.75. The summed E-state index contributed by atoms with van der Waals surface area (Å²) in [5.41, 5.74) is 4.68. The smallest absolute Gasteiger partial charge is 0.298 e. The Morgan fingerprint density at radius 2 is 1.50 bits per heavy atom. The number of imidazole rings is 1. The average molecular weight is 343 g/mol. The molecule has 130 valence electrons. The minimum atomic E-state index is 0.648. The third kappa shape index (κ3) is 2.66. The third-order valence-electron chi connectivity index (χ3n) is 4.64. The van der Waals surface area contributed by atoms with Crippen LogP contribution in [0.2, 0.25) is 0 Å².